The Bertz CT molecular complexity index is 887. The van der Waals surface area contributed by atoms with Crippen LogP contribution in [0.3, 0.4) is 0 Å². The number of methoxy groups -OCH3 is 2. The SMILES string of the molecule is COc1ccc(Nc2ccnc(NCCc3ccc(F)cc3)n2)c(OC)c1. The number of benzene rings is 2. The standard InChI is InChI=1S/C20H21FN4O2/c1-26-16-7-8-17(18(13-16)27-2)24-19-10-12-23-20(25-19)22-11-9-14-3-5-15(21)6-4-14/h3-8,10,12-13H,9,11H2,1-2H3,(H2,22,23,24,25). The van der Waals surface area contributed by atoms with Crippen LogP contribution in [-0.2, 0) is 6.42 Å². The molecular weight excluding hydrogens is 347 g/mol. The second-order valence-corrected chi connectivity index (χ2v) is 5.76. The van der Waals surface area contributed by atoms with E-state index in [4.69, 9.17) is 9.47 Å². The van der Waals surface area contributed by atoms with E-state index in [1.165, 1.54) is 12.1 Å². The van der Waals surface area contributed by atoms with E-state index in [1.54, 1.807) is 44.7 Å². The number of nitrogens with one attached hydrogen (secondary N) is 2. The molecule has 7 heteroatoms. The summed E-state index contributed by atoms with van der Waals surface area (Å²) in [4.78, 5) is 8.67. The van der Waals surface area contributed by atoms with Gasteiger partial charge in [0.25, 0.3) is 0 Å². The topological polar surface area (TPSA) is 68.3 Å². The van der Waals surface area contributed by atoms with Crippen molar-refractivity contribution in [2.24, 2.45) is 0 Å². The predicted molar refractivity (Wildman–Crippen MR) is 103 cm³/mol. The van der Waals surface area contributed by atoms with E-state index in [9.17, 15) is 4.39 Å². The van der Waals surface area contributed by atoms with Gasteiger partial charge in [0.1, 0.15) is 23.1 Å². The minimum atomic E-state index is -0.234. The van der Waals surface area contributed by atoms with E-state index in [1.807, 2.05) is 12.1 Å². The predicted octanol–water partition coefficient (Wildman–Crippen LogP) is 4.03. The Balaban J connectivity index is 1.62. The van der Waals surface area contributed by atoms with Crippen molar-refractivity contribution >= 4 is 17.5 Å². The molecule has 0 aliphatic rings. The van der Waals surface area contributed by atoms with Crippen molar-refractivity contribution in [3.63, 3.8) is 0 Å². The Kier molecular flexibility index (Phi) is 6.04. The Morgan fingerprint density at radius 2 is 1.81 bits per heavy atom. The molecule has 0 amide bonds. The number of rotatable bonds is 8. The second-order valence-electron chi connectivity index (χ2n) is 5.76. The lowest BCUT2D eigenvalue weighted by Gasteiger charge is -2.12. The fourth-order valence-electron chi connectivity index (χ4n) is 2.52. The van der Waals surface area contributed by atoms with Crippen molar-refractivity contribution < 1.29 is 13.9 Å². The molecule has 2 N–H and O–H groups in total. The van der Waals surface area contributed by atoms with Crippen LogP contribution < -0.4 is 20.1 Å². The quantitative estimate of drug-likeness (QED) is 0.626. The highest BCUT2D eigenvalue weighted by Crippen LogP contribution is 2.31. The normalized spacial score (nSPS) is 10.3. The summed E-state index contributed by atoms with van der Waals surface area (Å²) in [6, 6.07) is 13.7. The maximum absolute atomic E-state index is 12.9. The molecule has 0 atom stereocenters. The van der Waals surface area contributed by atoms with Crippen LogP contribution in [0.4, 0.5) is 21.8 Å². The number of ether oxygens (including phenoxy) is 2. The van der Waals surface area contributed by atoms with Crippen LogP contribution in [0.25, 0.3) is 0 Å². The van der Waals surface area contributed by atoms with Crippen LogP contribution in [0.1, 0.15) is 5.56 Å². The molecule has 1 aromatic heterocycles. The monoisotopic (exact) mass is 368 g/mol. The van der Waals surface area contributed by atoms with Gasteiger partial charge in [-0.3, -0.25) is 0 Å². The van der Waals surface area contributed by atoms with E-state index in [2.05, 4.69) is 20.6 Å². The van der Waals surface area contributed by atoms with Crippen molar-refractivity contribution in [3.05, 3.63) is 66.1 Å². The van der Waals surface area contributed by atoms with E-state index in [0.717, 1.165) is 17.7 Å². The van der Waals surface area contributed by atoms with E-state index in [-0.39, 0.29) is 5.82 Å². The van der Waals surface area contributed by atoms with Crippen LogP contribution in [0.2, 0.25) is 0 Å². The maximum Gasteiger partial charge on any atom is 0.224 e. The van der Waals surface area contributed by atoms with E-state index in [0.29, 0.717) is 29.8 Å². The lowest BCUT2D eigenvalue weighted by atomic mass is 10.1. The molecule has 3 rings (SSSR count). The highest BCUT2D eigenvalue weighted by Gasteiger charge is 2.07. The van der Waals surface area contributed by atoms with Gasteiger partial charge in [0.15, 0.2) is 0 Å². The van der Waals surface area contributed by atoms with Gasteiger partial charge in [-0.1, -0.05) is 12.1 Å². The fourth-order valence-corrected chi connectivity index (χ4v) is 2.52. The molecule has 6 nitrogen and oxygen atoms in total. The summed E-state index contributed by atoms with van der Waals surface area (Å²) in [7, 11) is 3.21. The second kappa shape index (κ2) is 8.84. The van der Waals surface area contributed by atoms with Gasteiger partial charge in [-0.25, -0.2) is 9.37 Å². The van der Waals surface area contributed by atoms with Gasteiger partial charge in [0.05, 0.1) is 19.9 Å². The summed E-state index contributed by atoms with van der Waals surface area (Å²) in [5, 5.41) is 6.39. The average molecular weight is 368 g/mol. The van der Waals surface area contributed by atoms with Gasteiger partial charge < -0.3 is 20.1 Å². The van der Waals surface area contributed by atoms with Crippen molar-refractivity contribution in [1.82, 2.24) is 9.97 Å². The maximum atomic E-state index is 12.9. The fraction of sp³-hybridized carbons (Fsp3) is 0.200. The third kappa shape index (κ3) is 5.07. The molecule has 1 heterocycles. The van der Waals surface area contributed by atoms with Gasteiger partial charge in [0, 0.05) is 18.8 Å². The Morgan fingerprint density at radius 3 is 2.56 bits per heavy atom. The number of aromatic nitrogens is 2. The van der Waals surface area contributed by atoms with Crippen LogP contribution in [0.15, 0.2) is 54.7 Å². The molecule has 0 aliphatic heterocycles. The molecule has 0 unspecified atom stereocenters. The molecular formula is C20H21FN4O2. The highest BCUT2D eigenvalue weighted by molar-refractivity contribution is 5.66. The number of nitrogens with zero attached hydrogens (tertiary/aromatic N) is 2. The number of hydrogen-bond acceptors (Lipinski definition) is 6. The van der Waals surface area contributed by atoms with Gasteiger partial charge in [0.2, 0.25) is 5.95 Å². The molecule has 0 fully saturated rings. The molecule has 3 aromatic rings. The minimum Gasteiger partial charge on any atom is -0.497 e. The zero-order valence-electron chi connectivity index (χ0n) is 15.2. The Morgan fingerprint density at radius 1 is 1.00 bits per heavy atom. The van der Waals surface area contributed by atoms with Crippen LogP contribution in [-0.4, -0.2) is 30.7 Å². The van der Waals surface area contributed by atoms with Crippen molar-refractivity contribution in [2.45, 2.75) is 6.42 Å². The number of halogens is 1. The first-order chi connectivity index (χ1) is 13.2. The molecule has 27 heavy (non-hydrogen) atoms. The van der Waals surface area contributed by atoms with E-state index < -0.39 is 0 Å². The summed E-state index contributed by atoms with van der Waals surface area (Å²) in [5.74, 6) is 2.28. The molecule has 2 aromatic carbocycles. The molecule has 0 radical (unpaired) electrons. The largest absolute Gasteiger partial charge is 0.497 e. The summed E-state index contributed by atoms with van der Waals surface area (Å²) >= 11 is 0. The zero-order chi connectivity index (χ0) is 19.1. The Hall–Kier alpha value is -3.35. The molecule has 0 bridgehead atoms. The molecule has 0 aliphatic carbocycles. The average Bonchev–Trinajstić information content (AvgIpc) is 2.70. The summed E-state index contributed by atoms with van der Waals surface area (Å²) in [6.45, 7) is 0.640. The first kappa shape index (κ1) is 18.4. The molecule has 0 saturated carbocycles. The van der Waals surface area contributed by atoms with Gasteiger partial charge in [-0.05, 0) is 42.3 Å². The van der Waals surface area contributed by atoms with Crippen LogP contribution in [0.5, 0.6) is 11.5 Å². The van der Waals surface area contributed by atoms with Crippen molar-refractivity contribution in [1.29, 1.82) is 0 Å². The summed E-state index contributed by atoms with van der Waals surface area (Å²) < 4.78 is 23.5. The highest BCUT2D eigenvalue weighted by atomic mass is 19.1. The van der Waals surface area contributed by atoms with Crippen molar-refractivity contribution in [3.8, 4) is 11.5 Å². The van der Waals surface area contributed by atoms with Crippen molar-refractivity contribution in [2.75, 3.05) is 31.4 Å². The number of anilines is 3. The molecule has 0 saturated heterocycles. The minimum absolute atomic E-state index is 0.234. The Labute approximate surface area is 157 Å². The van der Waals surface area contributed by atoms with E-state index >= 15 is 0 Å². The summed E-state index contributed by atoms with van der Waals surface area (Å²) in [6.07, 6.45) is 2.42. The van der Waals surface area contributed by atoms with Crippen LogP contribution >= 0.6 is 0 Å². The molecule has 0 spiro atoms. The van der Waals surface area contributed by atoms with Gasteiger partial charge in [-0.15, -0.1) is 0 Å². The smallest absolute Gasteiger partial charge is 0.224 e. The lowest BCUT2D eigenvalue weighted by Crippen LogP contribution is -2.08. The van der Waals surface area contributed by atoms with Crippen LogP contribution in [0, 0.1) is 5.82 Å². The first-order valence-corrected chi connectivity index (χ1v) is 8.48. The third-order valence-corrected chi connectivity index (χ3v) is 3.94. The zero-order valence-corrected chi connectivity index (χ0v) is 15.2. The molecule has 140 valence electrons. The first-order valence-electron chi connectivity index (χ1n) is 8.48. The summed E-state index contributed by atoms with van der Waals surface area (Å²) in [5.41, 5.74) is 1.82. The lowest BCUT2D eigenvalue weighted by molar-refractivity contribution is 0.395. The van der Waals surface area contributed by atoms with Gasteiger partial charge in [-0.2, -0.15) is 4.98 Å². The number of hydrogen-bond donors (Lipinski definition) is 2. The third-order valence-electron chi connectivity index (χ3n) is 3.94. The van der Waals surface area contributed by atoms with Gasteiger partial charge >= 0.3 is 0 Å².